The average molecular weight is 437 g/mol. The van der Waals surface area contributed by atoms with Crippen LogP contribution in [-0.2, 0) is 16.1 Å². The summed E-state index contributed by atoms with van der Waals surface area (Å²) in [6.07, 6.45) is 7.83. The Balaban J connectivity index is 1.38. The van der Waals surface area contributed by atoms with Crippen LogP contribution in [0.5, 0.6) is 0 Å². The van der Waals surface area contributed by atoms with E-state index in [4.69, 9.17) is 9.72 Å². The zero-order valence-electron chi connectivity index (χ0n) is 18.7. The van der Waals surface area contributed by atoms with Crippen molar-refractivity contribution in [1.82, 2.24) is 34.4 Å². The van der Waals surface area contributed by atoms with Gasteiger partial charge >= 0.3 is 0 Å². The third-order valence-corrected chi connectivity index (χ3v) is 6.43. The molecule has 0 spiro atoms. The smallest absolute Gasteiger partial charge is 0.231 e. The Kier molecular flexibility index (Phi) is 5.24. The van der Waals surface area contributed by atoms with E-state index in [2.05, 4.69) is 32.2 Å². The molecule has 3 aromatic heterocycles. The lowest BCUT2D eigenvalue weighted by molar-refractivity contribution is -0.137. The zero-order chi connectivity index (χ0) is 22.3. The van der Waals surface area contributed by atoms with Gasteiger partial charge in [0.1, 0.15) is 18.0 Å². The molecular formula is C22H28N8O2. The minimum atomic E-state index is -0.295. The monoisotopic (exact) mass is 436 g/mol. The Hall–Kier alpha value is -3.14. The number of aromatic nitrogens is 6. The van der Waals surface area contributed by atoms with Gasteiger partial charge < -0.3 is 19.5 Å². The highest BCUT2D eigenvalue weighted by Crippen LogP contribution is 2.47. The van der Waals surface area contributed by atoms with E-state index in [1.54, 1.807) is 25.8 Å². The second-order valence-corrected chi connectivity index (χ2v) is 8.69. The fourth-order valence-electron chi connectivity index (χ4n) is 4.51. The number of hydrogen-bond acceptors (Lipinski definition) is 8. The number of hydrogen-bond donors (Lipinski definition) is 1. The van der Waals surface area contributed by atoms with Crippen molar-refractivity contribution in [1.29, 1.82) is 0 Å². The molecule has 1 atom stereocenters. The summed E-state index contributed by atoms with van der Waals surface area (Å²) < 4.78 is 7.33. The predicted molar refractivity (Wildman–Crippen MR) is 119 cm³/mol. The SMILES string of the molecule is CCn1c(-c2cnc(C)nc2)nc2c(NC3CCN(C(=O)C4(COC)CC4)C3)ncnc21. The van der Waals surface area contributed by atoms with E-state index < -0.39 is 0 Å². The molecule has 10 nitrogen and oxygen atoms in total. The average Bonchev–Trinajstić information content (AvgIpc) is 3.27. The van der Waals surface area contributed by atoms with Gasteiger partial charge in [0, 0.05) is 45.2 Å². The van der Waals surface area contributed by atoms with Gasteiger partial charge in [0.05, 0.1) is 17.6 Å². The van der Waals surface area contributed by atoms with Crippen LogP contribution in [0.15, 0.2) is 18.7 Å². The molecule has 5 rings (SSSR count). The van der Waals surface area contributed by atoms with Crippen molar-refractivity contribution in [2.24, 2.45) is 5.41 Å². The van der Waals surface area contributed by atoms with Crippen molar-refractivity contribution in [2.75, 3.05) is 32.1 Å². The standard InChI is InChI=1S/C22H28N8O2/c1-4-30-19(15-9-23-14(2)24-10-15)28-17-18(25-13-26-20(17)30)27-16-5-8-29(11-16)21(31)22(6-7-22)12-32-3/h9-10,13,16H,4-8,11-12H2,1-3H3,(H,25,26,27). The van der Waals surface area contributed by atoms with Crippen LogP contribution >= 0.6 is 0 Å². The quantitative estimate of drug-likeness (QED) is 0.599. The van der Waals surface area contributed by atoms with Gasteiger partial charge in [-0.1, -0.05) is 0 Å². The summed E-state index contributed by atoms with van der Waals surface area (Å²) in [5.74, 6) is 2.39. The van der Waals surface area contributed by atoms with Crippen LogP contribution < -0.4 is 5.32 Å². The first-order chi connectivity index (χ1) is 15.5. The summed E-state index contributed by atoms with van der Waals surface area (Å²) in [7, 11) is 1.66. The molecular weight excluding hydrogens is 408 g/mol. The highest BCUT2D eigenvalue weighted by molar-refractivity contribution is 5.87. The third-order valence-electron chi connectivity index (χ3n) is 6.43. The van der Waals surface area contributed by atoms with E-state index in [0.29, 0.717) is 36.9 Å². The largest absolute Gasteiger partial charge is 0.384 e. The van der Waals surface area contributed by atoms with Gasteiger partial charge in [0.2, 0.25) is 5.91 Å². The Morgan fingerprint density at radius 2 is 2.03 bits per heavy atom. The molecule has 2 fully saturated rings. The maximum absolute atomic E-state index is 13.0. The molecule has 1 N–H and O–H groups in total. The number of carbonyl (C=O) groups is 1. The molecule has 1 amide bonds. The van der Waals surface area contributed by atoms with Crippen LogP contribution in [0.1, 0.15) is 32.0 Å². The van der Waals surface area contributed by atoms with Crippen molar-refractivity contribution >= 4 is 22.9 Å². The van der Waals surface area contributed by atoms with Gasteiger partial charge in [-0.2, -0.15) is 0 Å². The molecule has 1 aliphatic heterocycles. The fourth-order valence-corrected chi connectivity index (χ4v) is 4.51. The minimum Gasteiger partial charge on any atom is -0.384 e. The first kappa shape index (κ1) is 20.7. The molecule has 2 aliphatic rings. The topological polar surface area (TPSA) is 111 Å². The first-order valence-electron chi connectivity index (χ1n) is 11.1. The number of rotatable bonds is 7. The first-order valence-corrected chi connectivity index (χ1v) is 11.1. The summed E-state index contributed by atoms with van der Waals surface area (Å²) in [4.78, 5) is 37.3. The van der Waals surface area contributed by atoms with Crippen LogP contribution in [-0.4, -0.2) is 73.1 Å². The lowest BCUT2D eigenvalue weighted by atomic mass is 10.1. The van der Waals surface area contributed by atoms with E-state index in [-0.39, 0.29) is 17.4 Å². The number of nitrogens with one attached hydrogen (secondary N) is 1. The molecule has 4 heterocycles. The molecule has 1 aliphatic carbocycles. The van der Waals surface area contributed by atoms with E-state index in [1.807, 2.05) is 16.4 Å². The van der Waals surface area contributed by atoms with Gasteiger partial charge in [0.15, 0.2) is 17.0 Å². The Labute approximate surface area is 186 Å². The van der Waals surface area contributed by atoms with Gasteiger partial charge in [-0.15, -0.1) is 0 Å². The molecule has 0 aromatic carbocycles. The second kappa shape index (κ2) is 8.09. The van der Waals surface area contributed by atoms with Crippen molar-refractivity contribution in [3.05, 3.63) is 24.5 Å². The molecule has 168 valence electrons. The molecule has 1 saturated heterocycles. The highest BCUT2D eigenvalue weighted by atomic mass is 16.5. The van der Waals surface area contributed by atoms with Crippen LogP contribution in [0, 0.1) is 12.3 Å². The lowest BCUT2D eigenvalue weighted by Gasteiger charge is -2.23. The number of amides is 1. The molecule has 0 radical (unpaired) electrons. The summed E-state index contributed by atoms with van der Waals surface area (Å²) in [6, 6.07) is 0.119. The molecule has 32 heavy (non-hydrogen) atoms. The normalized spacial score (nSPS) is 19.5. The van der Waals surface area contributed by atoms with Crippen LogP contribution in [0.2, 0.25) is 0 Å². The Morgan fingerprint density at radius 1 is 1.25 bits per heavy atom. The minimum absolute atomic E-state index is 0.119. The Morgan fingerprint density at radius 3 is 2.72 bits per heavy atom. The number of anilines is 1. The van der Waals surface area contributed by atoms with E-state index in [0.717, 1.165) is 42.8 Å². The number of carbonyl (C=O) groups excluding carboxylic acids is 1. The summed E-state index contributed by atoms with van der Waals surface area (Å²) in [6.45, 7) is 6.53. The number of nitrogens with zero attached hydrogens (tertiary/aromatic N) is 7. The van der Waals surface area contributed by atoms with E-state index >= 15 is 0 Å². The predicted octanol–water partition coefficient (Wildman–Crippen LogP) is 2.05. The van der Waals surface area contributed by atoms with Gasteiger partial charge in [-0.25, -0.2) is 24.9 Å². The fraction of sp³-hybridized carbons (Fsp3) is 0.545. The summed E-state index contributed by atoms with van der Waals surface area (Å²) in [5, 5.41) is 3.51. The Bertz CT molecular complexity index is 1140. The molecule has 3 aromatic rings. The maximum Gasteiger partial charge on any atom is 0.231 e. The van der Waals surface area contributed by atoms with E-state index in [1.165, 1.54) is 0 Å². The number of fused-ring (bicyclic) bond motifs is 1. The van der Waals surface area contributed by atoms with Crippen LogP contribution in [0.25, 0.3) is 22.6 Å². The molecule has 1 unspecified atom stereocenters. The number of methoxy groups -OCH3 is 1. The van der Waals surface area contributed by atoms with Crippen molar-refractivity contribution in [3.63, 3.8) is 0 Å². The maximum atomic E-state index is 13.0. The summed E-state index contributed by atoms with van der Waals surface area (Å²) >= 11 is 0. The number of ether oxygens (including phenoxy) is 1. The highest BCUT2D eigenvalue weighted by Gasteiger charge is 2.52. The molecule has 1 saturated carbocycles. The van der Waals surface area contributed by atoms with Gasteiger partial charge in [-0.05, 0) is 33.1 Å². The molecule has 10 heteroatoms. The van der Waals surface area contributed by atoms with Crippen molar-refractivity contribution < 1.29 is 9.53 Å². The zero-order valence-corrected chi connectivity index (χ0v) is 18.7. The number of likely N-dealkylation sites (tertiary alicyclic amines) is 1. The third kappa shape index (κ3) is 3.58. The second-order valence-electron chi connectivity index (χ2n) is 8.69. The molecule has 0 bridgehead atoms. The summed E-state index contributed by atoms with van der Waals surface area (Å²) in [5.41, 5.74) is 2.03. The van der Waals surface area contributed by atoms with Crippen molar-refractivity contribution in [2.45, 2.75) is 45.7 Å². The van der Waals surface area contributed by atoms with Gasteiger partial charge in [0.25, 0.3) is 0 Å². The van der Waals surface area contributed by atoms with Crippen LogP contribution in [0.3, 0.4) is 0 Å². The number of aryl methyl sites for hydroxylation is 2. The lowest BCUT2D eigenvalue weighted by Crippen LogP contribution is -2.39. The van der Waals surface area contributed by atoms with Gasteiger partial charge in [-0.3, -0.25) is 4.79 Å². The van der Waals surface area contributed by atoms with Crippen LogP contribution in [0.4, 0.5) is 5.82 Å². The van der Waals surface area contributed by atoms with E-state index in [9.17, 15) is 4.79 Å². The number of imidazole rings is 1. The van der Waals surface area contributed by atoms with Crippen molar-refractivity contribution in [3.8, 4) is 11.4 Å².